The Hall–Kier alpha value is -3.32. The van der Waals surface area contributed by atoms with Gasteiger partial charge in [-0.2, -0.15) is 10.1 Å². The quantitative estimate of drug-likeness (QED) is 0.336. The molecule has 0 radical (unpaired) electrons. The van der Waals surface area contributed by atoms with Gasteiger partial charge in [-0.1, -0.05) is 42.5 Å². The smallest absolute Gasteiger partial charge is 0.237 e. The molecule has 0 spiro atoms. The molecule has 0 aliphatic carbocycles. The summed E-state index contributed by atoms with van der Waals surface area (Å²) in [6, 6.07) is 17.9. The molecule has 2 heterocycles. The minimum absolute atomic E-state index is 0.0748. The van der Waals surface area contributed by atoms with Crippen LogP contribution in [0.2, 0.25) is 0 Å². The molecule has 2 aromatic heterocycles. The third-order valence-electron chi connectivity index (χ3n) is 4.94. The third kappa shape index (κ3) is 5.11. The van der Waals surface area contributed by atoms with Crippen molar-refractivity contribution in [3.8, 4) is 22.9 Å². The molecule has 7 heteroatoms. The Bertz CT molecular complexity index is 1230. The van der Waals surface area contributed by atoms with Crippen molar-refractivity contribution in [1.29, 1.82) is 0 Å². The van der Waals surface area contributed by atoms with E-state index in [9.17, 15) is 0 Å². The van der Waals surface area contributed by atoms with Crippen molar-refractivity contribution >= 4 is 17.9 Å². The Morgan fingerprint density at radius 3 is 2.34 bits per heavy atom. The highest BCUT2D eigenvalue weighted by atomic mass is 32.2. The third-order valence-corrected chi connectivity index (χ3v) is 5.67. The molecule has 0 aliphatic heterocycles. The molecule has 0 fully saturated rings. The number of rotatable bonds is 6. The van der Waals surface area contributed by atoms with Crippen LogP contribution in [0.15, 0.2) is 71.9 Å². The molecule has 2 aromatic carbocycles. The second-order valence-electron chi connectivity index (χ2n) is 8.59. The zero-order valence-electron chi connectivity index (χ0n) is 19.0. The standard InChI is InChI=1S/C25H27N5OS/c1-17-10-6-8-12-20(17)21-14-23(31-22-13-9-7-11-18(22)2)28-24(27-21)29-32-19-15-26-30(16-19)25(3,4)5/h6-16H,1-5H3,(H,27,28,29). The highest BCUT2D eigenvalue weighted by molar-refractivity contribution is 8.00. The molecule has 32 heavy (non-hydrogen) atoms. The van der Waals surface area contributed by atoms with E-state index in [2.05, 4.69) is 54.6 Å². The van der Waals surface area contributed by atoms with E-state index in [-0.39, 0.29) is 5.54 Å². The van der Waals surface area contributed by atoms with Gasteiger partial charge >= 0.3 is 0 Å². The maximum absolute atomic E-state index is 6.14. The minimum Gasteiger partial charge on any atom is -0.439 e. The van der Waals surface area contributed by atoms with Crippen molar-refractivity contribution in [3.05, 3.63) is 78.1 Å². The molecule has 0 unspecified atom stereocenters. The van der Waals surface area contributed by atoms with Crippen LogP contribution in [0, 0.1) is 13.8 Å². The lowest BCUT2D eigenvalue weighted by Crippen LogP contribution is -2.21. The van der Waals surface area contributed by atoms with E-state index in [1.807, 2.05) is 66.5 Å². The summed E-state index contributed by atoms with van der Waals surface area (Å²) < 4.78 is 11.3. The summed E-state index contributed by atoms with van der Waals surface area (Å²) in [5.74, 6) is 1.73. The Morgan fingerprint density at radius 1 is 0.938 bits per heavy atom. The van der Waals surface area contributed by atoms with Crippen LogP contribution in [-0.2, 0) is 5.54 Å². The Labute approximate surface area is 193 Å². The number of ether oxygens (including phenoxy) is 1. The molecule has 164 valence electrons. The van der Waals surface area contributed by atoms with Crippen LogP contribution in [0.5, 0.6) is 11.6 Å². The fourth-order valence-corrected chi connectivity index (χ4v) is 3.69. The van der Waals surface area contributed by atoms with E-state index in [4.69, 9.17) is 9.72 Å². The molecule has 0 aliphatic rings. The maximum atomic E-state index is 6.14. The number of hydrogen-bond donors (Lipinski definition) is 1. The molecule has 0 saturated carbocycles. The van der Waals surface area contributed by atoms with E-state index in [0.717, 1.165) is 33.0 Å². The summed E-state index contributed by atoms with van der Waals surface area (Å²) in [5.41, 5.74) is 3.95. The summed E-state index contributed by atoms with van der Waals surface area (Å²) in [6.45, 7) is 10.4. The molecule has 0 amide bonds. The predicted molar refractivity (Wildman–Crippen MR) is 130 cm³/mol. The minimum atomic E-state index is -0.0748. The van der Waals surface area contributed by atoms with E-state index in [1.165, 1.54) is 11.9 Å². The number of aryl methyl sites for hydroxylation is 2. The molecule has 6 nitrogen and oxygen atoms in total. The number of aromatic nitrogens is 4. The van der Waals surface area contributed by atoms with Crippen molar-refractivity contribution < 1.29 is 4.74 Å². The molecule has 4 aromatic rings. The van der Waals surface area contributed by atoms with Gasteiger partial charge in [0.15, 0.2) is 0 Å². The Kier molecular flexibility index (Phi) is 6.19. The highest BCUT2D eigenvalue weighted by Crippen LogP contribution is 2.30. The molecule has 1 N–H and O–H groups in total. The monoisotopic (exact) mass is 445 g/mol. The van der Waals surface area contributed by atoms with Crippen LogP contribution in [0.4, 0.5) is 5.95 Å². The van der Waals surface area contributed by atoms with Crippen LogP contribution in [0.1, 0.15) is 31.9 Å². The van der Waals surface area contributed by atoms with Crippen LogP contribution >= 0.6 is 11.9 Å². The van der Waals surface area contributed by atoms with Gasteiger partial charge in [0.1, 0.15) is 5.75 Å². The summed E-state index contributed by atoms with van der Waals surface area (Å²) in [6.07, 6.45) is 3.84. The van der Waals surface area contributed by atoms with Gasteiger partial charge in [0.25, 0.3) is 0 Å². The molecule has 0 atom stereocenters. The van der Waals surface area contributed by atoms with Gasteiger partial charge in [0.2, 0.25) is 11.8 Å². The topological polar surface area (TPSA) is 64.9 Å². The van der Waals surface area contributed by atoms with Crippen LogP contribution in [0.25, 0.3) is 11.3 Å². The molecule has 4 rings (SSSR count). The van der Waals surface area contributed by atoms with Crippen LogP contribution in [0.3, 0.4) is 0 Å². The van der Waals surface area contributed by atoms with Gasteiger partial charge < -0.3 is 4.74 Å². The van der Waals surface area contributed by atoms with E-state index >= 15 is 0 Å². The summed E-state index contributed by atoms with van der Waals surface area (Å²) in [7, 11) is 0. The van der Waals surface area contributed by atoms with Gasteiger partial charge in [-0.15, -0.1) is 0 Å². The average molecular weight is 446 g/mol. The number of para-hydroxylation sites is 1. The normalized spacial score (nSPS) is 11.4. The zero-order valence-corrected chi connectivity index (χ0v) is 19.8. The van der Waals surface area contributed by atoms with Gasteiger partial charge in [-0.3, -0.25) is 9.40 Å². The number of benzene rings is 2. The van der Waals surface area contributed by atoms with Crippen LogP contribution < -0.4 is 9.46 Å². The molecule has 0 saturated heterocycles. The zero-order chi connectivity index (χ0) is 22.7. The first-order valence-electron chi connectivity index (χ1n) is 10.5. The Morgan fingerprint density at radius 2 is 1.66 bits per heavy atom. The first-order valence-corrected chi connectivity index (χ1v) is 11.3. The largest absolute Gasteiger partial charge is 0.439 e. The molecule has 0 bridgehead atoms. The van der Waals surface area contributed by atoms with E-state index < -0.39 is 0 Å². The first kappa shape index (κ1) is 21.9. The molecular formula is C25H27N5OS. The fraction of sp³-hybridized carbons (Fsp3) is 0.240. The summed E-state index contributed by atoms with van der Waals surface area (Å²) >= 11 is 1.42. The number of nitrogens with zero attached hydrogens (tertiary/aromatic N) is 4. The highest BCUT2D eigenvalue weighted by Gasteiger charge is 2.15. The Balaban J connectivity index is 1.65. The van der Waals surface area contributed by atoms with Crippen molar-refractivity contribution in [3.63, 3.8) is 0 Å². The average Bonchev–Trinajstić information content (AvgIpc) is 3.24. The maximum Gasteiger partial charge on any atom is 0.237 e. The second kappa shape index (κ2) is 9.04. The van der Waals surface area contributed by atoms with Crippen molar-refractivity contribution in [1.82, 2.24) is 19.7 Å². The second-order valence-corrected chi connectivity index (χ2v) is 9.47. The van der Waals surface area contributed by atoms with Gasteiger partial charge in [-0.05, 0) is 63.8 Å². The van der Waals surface area contributed by atoms with E-state index in [0.29, 0.717) is 11.8 Å². The number of nitrogens with one attached hydrogen (secondary N) is 1. The SMILES string of the molecule is Cc1ccccc1Oc1cc(-c2ccccc2C)nc(NSc2cnn(C(C)(C)C)c2)n1. The van der Waals surface area contributed by atoms with Crippen molar-refractivity contribution in [2.24, 2.45) is 0 Å². The summed E-state index contributed by atoms with van der Waals surface area (Å²) in [5, 5.41) is 4.45. The summed E-state index contributed by atoms with van der Waals surface area (Å²) in [4.78, 5) is 10.3. The van der Waals surface area contributed by atoms with Crippen molar-refractivity contribution in [2.45, 2.75) is 45.1 Å². The van der Waals surface area contributed by atoms with Gasteiger partial charge in [-0.25, -0.2) is 4.98 Å². The lowest BCUT2D eigenvalue weighted by Gasteiger charge is -2.18. The first-order chi connectivity index (χ1) is 15.3. The molecular weight excluding hydrogens is 418 g/mol. The lowest BCUT2D eigenvalue weighted by atomic mass is 10.1. The lowest BCUT2D eigenvalue weighted by molar-refractivity contribution is 0.355. The van der Waals surface area contributed by atoms with E-state index in [1.54, 1.807) is 0 Å². The fourth-order valence-electron chi connectivity index (χ4n) is 3.14. The number of hydrogen-bond acceptors (Lipinski definition) is 6. The number of anilines is 1. The van der Waals surface area contributed by atoms with Gasteiger partial charge in [0.05, 0.1) is 22.3 Å². The van der Waals surface area contributed by atoms with Crippen LogP contribution in [-0.4, -0.2) is 19.7 Å². The van der Waals surface area contributed by atoms with Crippen molar-refractivity contribution in [2.75, 3.05) is 4.72 Å². The van der Waals surface area contributed by atoms with Gasteiger partial charge in [0, 0.05) is 17.8 Å². The predicted octanol–water partition coefficient (Wildman–Crippen LogP) is 6.62.